The predicted molar refractivity (Wildman–Crippen MR) is 105 cm³/mol. The first kappa shape index (κ1) is 18.3. The lowest BCUT2D eigenvalue weighted by molar-refractivity contribution is 0.605. The summed E-state index contributed by atoms with van der Waals surface area (Å²) in [4.78, 5) is 1.35. The fourth-order valence-electron chi connectivity index (χ4n) is 2.58. The van der Waals surface area contributed by atoms with Gasteiger partial charge in [-0.1, -0.05) is 37.8 Å². The van der Waals surface area contributed by atoms with Crippen LogP contribution in [-0.2, 0) is 0 Å². The van der Waals surface area contributed by atoms with Crippen LogP contribution in [0.25, 0.3) is 6.08 Å². The summed E-state index contributed by atoms with van der Waals surface area (Å²) in [6.07, 6.45) is 13.5. The Morgan fingerprint density at radius 1 is 0.958 bits per heavy atom. The van der Waals surface area contributed by atoms with E-state index in [0.29, 0.717) is 5.56 Å². The Morgan fingerprint density at radius 2 is 1.71 bits per heavy atom. The van der Waals surface area contributed by atoms with Gasteiger partial charge in [0.25, 0.3) is 0 Å². The van der Waals surface area contributed by atoms with Crippen LogP contribution in [0.1, 0.15) is 55.4 Å². The lowest BCUT2D eigenvalue weighted by Gasteiger charge is -2.06. The first-order valence-electron chi connectivity index (χ1n) is 8.82. The fourth-order valence-corrected chi connectivity index (χ4v) is 3.22. The number of rotatable bonds is 11. The molecular formula is C21H26N2S. The maximum atomic E-state index is 8.76. The molecule has 126 valence electrons. The zero-order valence-electron chi connectivity index (χ0n) is 14.2. The fraction of sp³-hybridized carbons (Fsp3) is 0.381. The molecule has 24 heavy (non-hydrogen) atoms. The number of nitrogens with zero attached hydrogens (tertiary/aromatic N) is 1. The second-order valence-corrected chi connectivity index (χ2v) is 6.92. The van der Waals surface area contributed by atoms with Gasteiger partial charge < -0.3 is 5.32 Å². The Balaban J connectivity index is 1.40. The minimum absolute atomic E-state index is 0.714. The van der Waals surface area contributed by atoms with Crippen LogP contribution < -0.4 is 5.32 Å². The Bertz CT molecular complexity index is 621. The smallest absolute Gasteiger partial charge is 0.0991 e. The molecule has 0 aliphatic heterocycles. The number of thiophene rings is 1. The zero-order chi connectivity index (χ0) is 16.9. The lowest BCUT2D eigenvalue weighted by atomic mass is 10.1. The van der Waals surface area contributed by atoms with E-state index in [1.165, 1.54) is 49.8 Å². The standard InChI is InChI=1S/C21H26N2S/c22-18-19-12-14-20(15-13-19)23-16-8-6-4-2-1-3-5-7-10-21-11-9-17-24-21/h7,9-15,17,23H,1-6,8,16H2/b10-7+. The predicted octanol–water partition coefficient (Wildman–Crippen LogP) is 6.48. The van der Waals surface area contributed by atoms with Gasteiger partial charge in [0.2, 0.25) is 0 Å². The molecule has 0 saturated heterocycles. The summed E-state index contributed by atoms with van der Waals surface area (Å²) >= 11 is 1.80. The van der Waals surface area contributed by atoms with Gasteiger partial charge in [0, 0.05) is 17.1 Å². The Kier molecular flexibility index (Phi) is 8.75. The van der Waals surface area contributed by atoms with Gasteiger partial charge in [-0.25, -0.2) is 0 Å². The molecule has 0 radical (unpaired) electrons. The van der Waals surface area contributed by atoms with E-state index in [1.807, 2.05) is 24.3 Å². The van der Waals surface area contributed by atoms with Crippen molar-refractivity contribution in [1.29, 1.82) is 5.26 Å². The van der Waals surface area contributed by atoms with Crippen molar-refractivity contribution in [1.82, 2.24) is 0 Å². The van der Waals surface area contributed by atoms with Crippen LogP contribution in [0.2, 0.25) is 0 Å². The topological polar surface area (TPSA) is 35.8 Å². The zero-order valence-corrected chi connectivity index (χ0v) is 15.0. The highest BCUT2D eigenvalue weighted by molar-refractivity contribution is 7.10. The van der Waals surface area contributed by atoms with Crippen molar-refractivity contribution in [3.05, 3.63) is 58.3 Å². The molecule has 1 heterocycles. The van der Waals surface area contributed by atoms with Gasteiger partial charge in [-0.2, -0.15) is 5.26 Å². The van der Waals surface area contributed by atoms with Crippen LogP contribution in [0.15, 0.2) is 47.9 Å². The van der Waals surface area contributed by atoms with Crippen molar-refractivity contribution in [2.75, 3.05) is 11.9 Å². The number of unbranched alkanes of at least 4 members (excludes halogenated alkanes) is 6. The quantitative estimate of drug-likeness (QED) is 0.476. The van der Waals surface area contributed by atoms with Crippen molar-refractivity contribution in [3.63, 3.8) is 0 Å². The third-order valence-corrected chi connectivity index (χ3v) is 4.80. The first-order chi connectivity index (χ1) is 11.9. The highest BCUT2D eigenvalue weighted by Crippen LogP contribution is 2.13. The lowest BCUT2D eigenvalue weighted by Crippen LogP contribution is -2.01. The molecule has 0 unspecified atom stereocenters. The van der Waals surface area contributed by atoms with E-state index in [2.05, 4.69) is 41.1 Å². The van der Waals surface area contributed by atoms with Crippen LogP contribution in [0.5, 0.6) is 0 Å². The SMILES string of the molecule is N#Cc1ccc(NCCCCCCCC/C=C/c2cccs2)cc1. The van der Waals surface area contributed by atoms with Gasteiger partial charge in [-0.15, -0.1) is 11.3 Å². The summed E-state index contributed by atoms with van der Waals surface area (Å²) in [5.41, 5.74) is 1.82. The third-order valence-electron chi connectivity index (χ3n) is 3.97. The Hall–Kier alpha value is -2.05. The summed E-state index contributed by atoms with van der Waals surface area (Å²) in [5.74, 6) is 0. The number of hydrogen-bond donors (Lipinski definition) is 1. The van der Waals surface area contributed by atoms with E-state index in [0.717, 1.165) is 12.2 Å². The van der Waals surface area contributed by atoms with Crippen molar-refractivity contribution in [2.24, 2.45) is 0 Å². The van der Waals surface area contributed by atoms with Crippen LogP contribution in [-0.4, -0.2) is 6.54 Å². The first-order valence-corrected chi connectivity index (χ1v) is 9.70. The van der Waals surface area contributed by atoms with Crippen molar-refractivity contribution in [3.8, 4) is 6.07 Å². The summed E-state index contributed by atoms with van der Waals surface area (Å²) < 4.78 is 0. The number of nitriles is 1. The number of allylic oxidation sites excluding steroid dienone is 1. The summed E-state index contributed by atoms with van der Waals surface area (Å²) in [7, 11) is 0. The van der Waals surface area contributed by atoms with E-state index in [4.69, 9.17) is 5.26 Å². The van der Waals surface area contributed by atoms with Crippen LogP contribution in [0.4, 0.5) is 5.69 Å². The number of benzene rings is 1. The third kappa shape index (κ3) is 7.48. The molecule has 1 aromatic carbocycles. The van der Waals surface area contributed by atoms with Gasteiger partial charge in [-0.3, -0.25) is 0 Å². The molecule has 0 spiro atoms. The molecular weight excluding hydrogens is 312 g/mol. The molecule has 1 N–H and O–H groups in total. The van der Waals surface area contributed by atoms with Gasteiger partial charge >= 0.3 is 0 Å². The number of anilines is 1. The van der Waals surface area contributed by atoms with Gasteiger partial charge in [0.15, 0.2) is 0 Å². The van der Waals surface area contributed by atoms with Crippen LogP contribution in [0, 0.1) is 11.3 Å². The molecule has 1 aromatic heterocycles. The molecule has 2 rings (SSSR count). The minimum atomic E-state index is 0.714. The maximum Gasteiger partial charge on any atom is 0.0991 e. The normalized spacial score (nSPS) is 10.8. The summed E-state index contributed by atoms with van der Waals surface area (Å²) in [6, 6.07) is 14.1. The van der Waals surface area contributed by atoms with Crippen molar-refractivity contribution < 1.29 is 0 Å². The summed E-state index contributed by atoms with van der Waals surface area (Å²) in [5, 5.41) is 14.3. The molecule has 0 bridgehead atoms. The second kappa shape index (κ2) is 11.5. The molecule has 0 saturated carbocycles. The molecule has 3 heteroatoms. The molecule has 2 nitrogen and oxygen atoms in total. The van der Waals surface area contributed by atoms with E-state index >= 15 is 0 Å². The Morgan fingerprint density at radius 3 is 2.42 bits per heavy atom. The van der Waals surface area contributed by atoms with Crippen LogP contribution in [0.3, 0.4) is 0 Å². The summed E-state index contributed by atoms with van der Waals surface area (Å²) in [6.45, 7) is 1.01. The van der Waals surface area contributed by atoms with Gasteiger partial charge in [-0.05, 0) is 61.1 Å². The highest BCUT2D eigenvalue weighted by atomic mass is 32.1. The van der Waals surface area contributed by atoms with Gasteiger partial charge in [0.1, 0.15) is 0 Å². The largest absolute Gasteiger partial charge is 0.385 e. The average Bonchev–Trinajstić information content (AvgIpc) is 3.13. The van der Waals surface area contributed by atoms with E-state index < -0.39 is 0 Å². The van der Waals surface area contributed by atoms with Gasteiger partial charge in [0.05, 0.1) is 11.6 Å². The molecule has 0 aliphatic carbocycles. The number of nitrogens with one attached hydrogen (secondary N) is 1. The van der Waals surface area contributed by atoms with Crippen molar-refractivity contribution >= 4 is 23.1 Å². The molecule has 0 aliphatic rings. The van der Waals surface area contributed by atoms with E-state index in [9.17, 15) is 0 Å². The van der Waals surface area contributed by atoms with E-state index in [1.54, 1.807) is 11.3 Å². The highest BCUT2D eigenvalue weighted by Gasteiger charge is 1.94. The van der Waals surface area contributed by atoms with Crippen LogP contribution >= 0.6 is 11.3 Å². The van der Waals surface area contributed by atoms with E-state index in [-0.39, 0.29) is 0 Å². The molecule has 0 amide bonds. The Labute approximate surface area is 149 Å². The second-order valence-electron chi connectivity index (χ2n) is 5.94. The van der Waals surface area contributed by atoms with Crippen molar-refractivity contribution in [2.45, 2.75) is 44.9 Å². The molecule has 0 fully saturated rings. The molecule has 0 atom stereocenters. The average molecular weight is 339 g/mol. The monoisotopic (exact) mass is 338 g/mol. The minimum Gasteiger partial charge on any atom is -0.385 e. The number of hydrogen-bond acceptors (Lipinski definition) is 3. The maximum absolute atomic E-state index is 8.76. The molecule has 2 aromatic rings.